The molecule has 0 bridgehead atoms. The highest BCUT2D eigenvalue weighted by molar-refractivity contribution is 6.03. The van der Waals surface area contributed by atoms with E-state index in [9.17, 15) is 9.59 Å². The Hall–Kier alpha value is -4.01. The van der Waals surface area contributed by atoms with Gasteiger partial charge in [0.15, 0.2) is 0 Å². The van der Waals surface area contributed by atoms with Gasteiger partial charge in [0, 0.05) is 29.8 Å². The Kier molecular flexibility index (Phi) is 4.32. The first-order chi connectivity index (χ1) is 13.2. The molecule has 134 valence electrons. The summed E-state index contributed by atoms with van der Waals surface area (Å²) in [6, 6.07) is 10.9. The van der Waals surface area contributed by atoms with Gasteiger partial charge in [0.2, 0.25) is 11.7 Å². The first-order valence-electron chi connectivity index (χ1n) is 8.09. The van der Waals surface area contributed by atoms with Crippen molar-refractivity contribution in [3.63, 3.8) is 0 Å². The number of imidazole rings is 1. The monoisotopic (exact) mass is 362 g/mol. The Morgan fingerprint density at radius 3 is 2.85 bits per heavy atom. The van der Waals surface area contributed by atoms with E-state index < -0.39 is 11.6 Å². The van der Waals surface area contributed by atoms with Gasteiger partial charge in [-0.25, -0.2) is 4.79 Å². The van der Waals surface area contributed by atoms with Crippen molar-refractivity contribution in [2.24, 2.45) is 0 Å². The number of pyridine rings is 1. The summed E-state index contributed by atoms with van der Waals surface area (Å²) in [6.07, 6.45) is 4.98. The van der Waals surface area contributed by atoms with E-state index in [1.165, 1.54) is 6.20 Å². The number of carbonyl (C=O) groups is 1. The molecule has 0 aliphatic rings. The lowest BCUT2D eigenvalue weighted by molar-refractivity contribution is 0.102. The van der Waals surface area contributed by atoms with Gasteiger partial charge in [-0.05, 0) is 23.8 Å². The van der Waals surface area contributed by atoms with Crippen molar-refractivity contribution in [1.82, 2.24) is 25.1 Å². The van der Waals surface area contributed by atoms with Gasteiger partial charge in [-0.1, -0.05) is 23.4 Å². The second kappa shape index (κ2) is 7.08. The maximum Gasteiger partial charge on any atom is 0.323 e. The number of amides is 1. The number of carbonyl (C=O) groups excluding carboxylic acids is 1. The number of H-pyrrole nitrogens is 2. The third-order valence-corrected chi connectivity index (χ3v) is 3.84. The highest BCUT2D eigenvalue weighted by Gasteiger charge is 2.14. The molecule has 3 heterocycles. The summed E-state index contributed by atoms with van der Waals surface area (Å²) in [7, 11) is 0. The molecule has 1 aromatic carbocycles. The Balaban J connectivity index is 1.54. The normalized spacial score (nSPS) is 10.7. The lowest BCUT2D eigenvalue weighted by Gasteiger charge is -2.08. The van der Waals surface area contributed by atoms with E-state index in [0.717, 1.165) is 11.1 Å². The Labute approximate surface area is 152 Å². The quantitative estimate of drug-likeness (QED) is 0.498. The largest absolute Gasteiger partial charge is 0.339 e. The molecule has 0 saturated carbocycles. The molecule has 0 aliphatic heterocycles. The lowest BCUT2D eigenvalue weighted by atomic mass is 10.1. The molecule has 27 heavy (non-hydrogen) atoms. The number of aromatic nitrogens is 5. The summed E-state index contributed by atoms with van der Waals surface area (Å²) in [6.45, 7) is 0. The molecule has 0 fully saturated rings. The summed E-state index contributed by atoms with van der Waals surface area (Å²) < 4.78 is 5.32. The fourth-order valence-corrected chi connectivity index (χ4v) is 2.54. The summed E-state index contributed by atoms with van der Waals surface area (Å²) in [5.41, 5.74) is 1.84. The zero-order valence-electron chi connectivity index (χ0n) is 14.0. The SMILES string of the molecule is O=C(Nc1ccccc1Cc1nc(-c2cccnc2)no1)c1c[nH]c(=O)[nH]1. The van der Waals surface area contributed by atoms with Crippen LogP contribution in [0.15, 0.2) is 64.3 Å². The fourth-order valence-electron chi connectivity index (χ4n) is 2.54. The molecule has 0 radical (unpaired) electrons. The molecule has 0 aliphatic carbocycles. The third-order valence-electron chi connectivity index (χ3n) is 3.84. The van der Waals surface area contributed by atoms with Gasteiger partial charge < -0.3 is 19.8 Å². The molecule has 4 rings (SSSR count). The molecule has 1 amide bonds. The molecule has 4 aromatic rings. The summed E-state index contributed by atoms with van der Waals surface area (Å²) in [4.78, 5) is 36.6. The number of anilines is 1. The van der Waals surface area contributed by atoms with Crippen LogP contribution >= 0.6 is 0 Å². The highest BCUT2D eigenvalue weighted by atomic mass is 16.5. The number of hydrogen-bond acceptors (Lipinski definition) is 6. The molecule has 0 spiro atoms. The van der Waals surface area contributed by atoms with Crippen LogP contribution in [-0.2, 0) is 6.42 Å². The molecule has 0 saturated heterocycles. The van der Waals surface area contributed by atoms with Crippen molar-refractivity contribution in [2.75, 3.05) is 5.32 Å². The zero-order valence-corrected chi connectivity index (χ0v) is 14.0. The highest BCUT2D eigenvalue weighted by Crippen LogP contribution is 2.21. The molecular weight excluding hydrogens is 348 g/mol. The molecule has 0 atom stereocenters. The van der Waals surface area contributed by atoms with Crippen molar-refractivity contribution in [3.05, 3.63) is 82.6 Å². The summed E-state index contributed by atoms with van der Waals surface area (Å²) in [5.74, 6) is 0.428. The molecule has 3 N–H and O–H groups in total. The zero-order chi connectivity index (χ0) is 18.6. The Morgan fingerprint density at radius 2 is 2.07 bits per heavy atom. The van der Waals surface area contributed by atoms with Gasteiger partial charge >= 0.3 is 5.69 Å². The fraction of sp³-hybridized carbons (Fsp3) is 0.0556. The Bertz CT molecular complexity index is 1130. The van der Waals surface area contributed by atoms with E-state index in [0.29, 0.717) is 23.8 Å². The van der Waals surface area contributed by atoms with Crippen LogP contribution in [-0.4, -0.2) is 31.0 Å². The molecule has 9 heteroatoms. The number of aromatic amines is 2. The van der Waals surface area contributed by atoms with Crippen LogP contribution in [0.2, 0.25) is 0 Å². The Morgan fingerprint density at radius 1 is 1.19 bits per heavy atom. The lowest BCUT2D eigenvalue weighted by Crippen LogP contribution is -2.15. The average Bonchev–Trinajstić information content (AvgIpc) is 3.33. The van der Waals surface area contributed by atoms with E-state index in [1.54, 1.807) is 30.6 Å². The van der Waals surface area contributed by atoms with Gasteiger partial charge in [-0.2, -0.15) is 4.98 Å². The standard InChI is InChI=1S/C18H14N6O3/c25-17(14-10-20-18(26)22-14)21-13-6-2-1-4-11(13)8-15-23-16(24-27-15)12-5-3-7-19-9-12/h1-7,9-10H,8H2,(H,21,25)(H2,20,22,26). The average molecular weight is 362 g/mol. The van der Waals surface area contributed by atoms with Crippen molar-refractivity contribution in [2.45, 2.75) is 6.42 Å². The van der Waals surface area contributed by atoms with E-state index >= 15 is 0 Å². The van der Waals surface area contributed by atoms with Crippen molar-refractivity contribution in [1.29, 1.82) is 0 Å². The second-order valence-corrected chi connectivity index (χ2v) is 5.70. The molecule has 3 aromatic heterocycles. The van der Waals surface area contributed by atoms with Gasteiger partial charge in [0.1, 0.15) is 5.69 Å². The van der Waals surface area contributed by atoms with Gasteiger partial charge in [0.05, 0.1) is 6.42 Å². The van der Waals surface area contributed by atoms with Gasteiger partial charge in [0.25, 0.3) is 5.91 Å². The van der Waals surface area contributed by atoms with Crippen LogP contribution in [0.3, 0.4) is 0 Å². The van der Waals surface area contributed by atoms with Gasteiger partial charge in [-0.3, -0.25) is 9.78 Å². The maximum absolute atomic E-state index is 12.3. The number of rotatable bonds is 5. The number of benzene rings is 1. The van der Waals surface area contributed by atoms with E-state index in [4.69, 9.17) is 4.52 Å². The van der Waals surface area contributed by atoms with E-state index in [1.807, 2.05) is 18.2 Å². The maximum atomic E-state index is 12.3. The minimum atomic E-state index is -0.442. The topological polar surface area (TPSA) is 130 Å². The number of nitrogens with zero attached hydrogens (tertiary/aromatic N) is 3. The summed E-state index contributed by atoms with van der Waals surface area (Å²) in [5, 5.41) is 6.74. The first kappa shape index (κ1) is 16.5. The van der Waals surface area contributed by atoms with Crippen LogP contribution in [0.1, 0.15) is 21.9 Å². The molecule has 9 nitrogen and oxygen atoms in total. The van der Waals surface area contributed by atoms with Crippen LogP contribution < -0.4 is 11.0 Å². The second-order valence-electron chi connectivity index (χ2n) is 5.70. The minimum absolute atomic E-state index is 0.145. The molecular formula is C18H14N6O3. The van der Waals surface area contributed by atoms with Crippen LogP contribution in [0.4, 0.5) is 5.69 Å². The predicted molar refractivity (Wildman–Crippen MR) is 96.1 cm³/mol. The number of nitrogens with one attached hydrogen (secondary N) is 3. The van der Waals surface area contributed by atoms with Crippen molar-refractivity contribution < 1.29 is 9.32 Å². The van der Waals surface area contributed by atoms with Crippen LogP contribution in [0.25, 0.3) is 11.4 Å². The van der Waals surface area contributed by atoms with Crippen molar-refractivity contribution in [3.8, 4) is 11.4 Å². The van der Waals surface area contributed by atoms with Crippen LogP contribution in [0, 0.1) is 0 Å². The summed E-state index contributed by atoms with van der Waals surface area (Å²) >= 11 is 0. The number of para-hydroxylation sites is 1. The predicted octanol–water partition coefficient (Wildman–Crippen LogP) is 1.99. The first-order valence-corrected chi connectivity index (χ1v) is 8.09. The molecule has 0 unspecified atom stereocenters. The van der Waals surface area contributed by atoms with Crippen LogP contribution in [0.5, 0.6) is 0 Å². The van der Waals surface area contributed by atoms with Crippen molar-refractivity contribution >= 4 is 11.6 Å². The van der Waals surface area contributed by atoms with E-state index in [2.05, 4.69) is 30.4 Å². The van der Waals surface area contributed by atoms with Gasteiger partial charge in [-0.15, -0.1) is 0 Å². The van der Waals surface area contributed by atoms with E-state index in [-0.39, 0.29) is 5.69 Å². The number of hydrogen-bond donors (Lipinski definition) is 3. The minimum Gasteiger partial charge on any atom is -0.339 e. The smallest absolute Gasteiger partial charge is 0.323 e. The third kappa shape index (κ3) is 3.66.